The van der Waals surface area contributed by atoms with E-state index in [1.54, 1.807) is 24.3 Å². The third-order valence-electron chi connectivity index (χ3n) is 4.60. The van der Waals surface area contributed by atoms with Crippen LogP contribution < -0.4 is 16.4 Å². The lowest BCUT2D eigenvalue weighted by Gasteiger charge is -2.24. The number of aliphatic hydroxyl groups is 1. The fourth-order valence-corrected chi connectivity index (χ4v) is 2.84. The molecule has 0 aromatic heterocycles. The van der Waals surface area contributed by atoms with Gasteiger partial charge in [0.2, 0.25) is 11.8 Å². The minimum absolute atomic E-state index is 0.0119. The zero-order valence-electron chi connectivity index (χ0n) is 17.0. The number of hydrogen-bond acceptors (Lipinski definition) is 5. The van der Waals surface area contributed by atoms with Gasteiger partial charge in [0.15, 0.2) is 0 Å². The predicted octanol–water partition coefficient (Wildman–Crippen LogP) is 1.18. The molecule has 0 heterocycles. The quantitative estimate of drug-likeness (QED) is 0.490. The first-order valence-electron chi connectivity index (χ1n) is 9.57. The molecule has 2 rings (SSSR count). The summed E-state index contributed by atoms with van der Waals surface area (Å²) in [6.45, 7) is 3.25. The molecule has 0 spiro atoms. The van der Waals surface area contributed by atoms with E-state index >= 15 is 0 Å². The Hall–Kier alpha value is -3.39. The highest BCUT2D eigenvalue weighted by Gasteiger charge is 2.29. The number of alkyl carbamates (subject to hydrolysis) is 1. The van der Waals surface area contributed by atoms with Gasteiger partial charge < -0.3 is 26.2 Å². The van der Waals surface area contributed by atoms with Crippen LogP contribution in [0.25, 0.3) is 0 Å². The summed E-state index contributed by atoms with van der Waals surface area (Å²) in [5.74, 6) is -1.46. The second-order valence-corrected chi connectivity index (χ2v) is 7.02. The van der Waals surface area contributed by atoms with E-state index in [9.17, 15) is 19.5 Å². The van der Waals surface area contributed by atoms with Crippen LogP contribution in [0, 0.1) is 6.92 Å². The Balaban J connectivity index is 1.99. The highest BCUT2D eigenvalue weighted by Crippen LogP contribution is 2.10. The van der Waals surface area contributed by atoms with Crippen molar-refractivity contribution < 1.29 is 24.2 Å². The van der Waals surface area contributed by atoms with Gasteiger partial charge in [0, 0.05) is 6.42 Å². The van der Waals surface area contributed by atoms with Crippen LogP contribution in [0.15, 0.2) is 54.6 Å². The van der Waals surface area contributed by atoms with E-state index in [0.29, 0.717) is 0 Å². The van der Waals surface area contributed by atoms with Crippen molar-refractivity contribution in [3.8, 4) is 0 Å². The van der Waals surface area contributed by atoms with Gasteiger partial charge in [0.1, 0.15) is 18.7 Å². The second-order valence-electron chi connectivity index (χ2n) is 7.02. The number of nitrogens with two attached hydrogens (primary N) is 1. The van der Waals surface area contributed by atoms with Crippen LogP contribution in [0.5, 0.6) is 0 Å². The van der Waals surface area contributed by atoms with Crippen molar-refractivity contribution in [3.05, 3.63) is 71.3 Å². The molecule has 0 aliphatic rings. The highest BCUT2D eigenvalue weighted by atomic mass is 16.5. The average Bonchev–Trinajstić information content (AvgIpc) is 2.71. The summed E-state index contributed by atoms with van der Waals surface area (Å²) < 4.78 is 5.09. The number of ether oxygens (including phenoxy) is 1. The highest BCUT2D eigenvalue weighted by molar-refractivity contribution is 5.91. The summed E-state index contributed by atoms with van der Waals surface area (Å²) in [7, 11) is 0. The molecule has 0 saturated heterocycles. The number of carbonyl (C=O) groups excluding carboxylic acids is 3. The predicted molar refractivity (Wildman–Crippen MR) is 111 cm³/mol. The summed E-state index contributed by atoms with van der Waals surface area (Å²) in [6.07, 6.45) is -1.89. The van der Waals surface area contributed by atoms with Crippen LogP contribution in [0.4, 0.5) is 4.79 Å². The van der Waals surface area contributed by atoms with Gasteiger partial charge in [-0.2, -0.15) is 0 Å². The van der Waals surface area contributed by atoms with E-state index in [2.05, 4.69) is 10.6 Å². The molecule has 3 atom stereocenters. The molecule has 2 aromatic rings. The maximum absolute atomic E-state index is 12.6. The molecule has 0 fully saturated rings. The van der Waals surface area contributed by atoms with Crippen molar-refractivity contribution in [2.45, 2.75) is 45.1 Å². The van der Waals surface area contributed by atoms with Crippen LogP contribution in [0.2, 0.25) is 0 Å². The Kier molecular flexibility index (Phi) is 8.37. The summed E-state index contributed by atoms with van der Waals surface area (Å²) in [5, 5.41) is 14.8. The molecular formula is C22H27N3O5. The lowest BCUT2D eigenvalue weighted by Crippen LogP contribution is -2.57. The molecule has 0 aliphatic heterocycles. The smallest absolute Gasteiger partial charge is 0.408 e. The zero-order valence-corrected chi connectivity index (χ0v) is 17.0. The molecular weight excluding hydrogens is 386 g/mol. The number of rotatable bonds is 9. The fourth-order valence-electron chi connectivity index (χ4n) is 2.84. The van der Waals surface area contributed by atoms with Crippen molar-refractivity contribution >= 4 is 17.9 Å². The van der Waals surface area contributed by atoms with Crippen molar-refractivity contribution in [1.82, 2.24) is 10.6 Å². The van der Waals surface area contributed by atoms with Gasteiger partial charge in [0.05, 0.1) is 6.10 Å². The lowest BCUT2D eigenvalue weighted by molar-refractivity contribution is -0.130. The van der Waals surface area contributed by atoms with Gasteiger partial charge in [0.25, 0.3) is 0 Å². The molecule has 160 valence electrons. The zero-order chi connectivity index (χ0) is 22.1. The normalized spacial score (nSPS) is 13.6. The van der Waals surface area contributed by atoms with Crippen LogP contribution in [-0.4, -0.2) is 41.2 Å². The molecule has 30 heavy (non-hydrogen) atoms. The van der Waals surface area contributed by atoms with E-state index in [-0.39, 0.29) is 13.0 Å². The molecule has 0 bridgehead atoms. The number of aliphatic hydroxyl groups excluding tert-OH is 1. The maximum atomic E-state index is 12.6. The van der Waals surface area contributed by atoms with E-state index in [0.717, 1.165) is 16.7 Å². The van der Waals surface area contributed by atoms with Gasteiger partial charge in [-0.05, 0) is 30.5 Å². The number of aryl methyl sites for hydroxylation is 1. The van der Waals surface area contributed by atoms with Gasteiger partial charge in [-0.25, -0.2) is 4.79 Å². The molecule has 5 N–H and O–H groups in total. The standard InChI is InChI=1S/C22H27N3O5/c1-14-8-6-7-11-17(14)12-18(20(23)27)24-21(28)19(15(2)26)25-22(29)30-13-16-9-4-3-5-10-16/h3-11,15,18-19,26H,12-13H2,1-2H3,(H2,23,27)(H,24,28)(H,25,29)/t15-,18+,19+/m1/s1. The van der Waals surface area contributed by atoms with Crippen molar-refractivity contribution in [3.63, 3.8) is 0 Å². The third kappa shape index (κ3) is 6.89. The first-order chi connectivity index (χ1) is 14.3. The average molecular weight is 413 g/mol. The van der Waals surface area contributed by atoms with Gasteiger partial charge in [-0.3, -0.25) is 9.59 Å². The molecule has 0 radical (unpaired) electrons. The van der Waals surface area contributed by atoms with Crippen molar-refractivity contribution in [2.24, 2.45) is 5.73 Å². The number of benzene rings is 2. The van der Waals surface area contributed by atoms with E-state index in [1.807, 2.05) is 37.3 Å². The Morgan fingerprint density at radius 3 is 2.27 bits per heavy atom. The Morgan fingerprint density at radius 1 is 1.03 bits per heavy atom. The SMILES string of the molecule is Cc1ccccc1C[C@H](NC(=O)[C@@H](NC(=O)OCc1ccccc1)[C@@H](C)O)C(N)=O. The minimum atomic E-state index is -1.31. The third-order valence-corrected chi connectivity index (χ3v) is 4.60. The second kappa shape index (κ2) is 11.0. The summed E-state index contributed by atoms with van der Waals surface area (Å²) in [6, 6.07) is 14.1. The van der Waals surface area contributed by atoms with Crippen LogP contribution >= 0.6 is 0 Å². The molecule has 0 unspecified atom stereocenters. The van der Waals surface area contributed by atoms with Gasteiger partial charge in [-0.15, -0.1) is 0 Å². The van der Waals surface area contributed by atoms with Crippen LogP contribution in [0.1, 0.15) is 23.6 Å². The minimum Gasteiger partial charge on any atom is -0.445 e. The number of amides is 3. The van der Waals surface area contributed by atoms with Gasteiger partial charge in [-0.1, -0.05) is 54.6 Å². The molecule has 8 nitrogen and oxygen atoms in total. The van der Waals surface area contributed by atoms with Gasteiger partial charge >= 0.3 is 6.09 Å². The number of hydrogen-bond donors (Lipinski definition) is 4. The van der Waals surface area contributed by atoms with E-state index in [4.69, 9.17) is 10.5 Å². The first-order valence-corrected chi connectivity index (χ1v) is 9.57. The Morgan fingerprint density at radius 2 is 1.67 bits per heavy atom. The maximum Gasteiger partial charge on any atom is 0.408 e. The van der Waals surface area contributed by atoms with Crippen molar-refractivity contribution in [1.29, 1.82) is 0 Å². The van der Waals surface area contributed by atoms with E-state index in [1.165, 1.54) is 6.92 Å². The summed E-state index contributed by atoms with van der Waals surface area (Å²) in [4.78, 5) is 36.6. The number of nitrogens with one attached hydrogen (secondary N) is 2. The topological polar surface area (TPSA) is 131 Å². The molecule has 3 amide bonds. The lowest BCUT2D eigenvalue weighted by atomic mass is 10.00. The van der Waals surface area contributed by atoms with Crippen LogP contribution in [0.3, 0.4) is 0 Å². The largest absolute Gasteiger partial charge is 0.445 e. The molecule has 8 heteroatoms. The monoisotopic (exact) mass is 413 g/mol. The number of carbonyl (C=O) groups is 3. The van der Waals surface area contributed by atoms with E-state index < -0.39 is 36.1 Å². The molecule has 2 aromatic carbocycles. The van der Waals surface area contributed by atoms with Crippen molar-refractivity contribution in [2.75, 3.05) is 0 Å². The fraction of sp³-hybridized carbons (Fsp3) is 0.318. The summed E-state index contributed by atoms with van der Waals surface area (Å²) in [5.41, 5.74) is 8.02. The first kappa shape index (κ1) is 22.9. The van der Waals surface area contributed by atoms with Crippen LogP contribution in [-0.2, 0) is 27.4 Å². The Bertz CT molecular complexity index is 870. The molecule has 0 saturated carbocycles. The number of primary amides is 1. The summed E-state index contributed by atoms with van der Waals surface area (Å²) >= 11 is 0. The Labute approximate surface area is 175 Å². The molecule has 0 aliphatic carbocycles.